The standard InChI is InChI=1S/C16H21N3O/c1-18-15(13-9-5-6-10-13)14(17)16(20)19(18)11-12-7-3-2-4-8-12/h2-4,7-8,13H,5-6,9-11,17H2,1H3. The topological polar surface area (TPSA) is 52.9 Å². The van der Waals surface area contributed by atoms with E-state index in [2.05, 4.69) is 0 Å². The highest BCUT2D eigenvalue weighted by molar-refractivity contribution is 5.44. The van der Waals surface area contributed by atoms with Crippen molar-refractivity contribution in [2.45, 2.75) is 38.1 Å². The van der Waals surface area contributed by atoms with Crippen LogP contribution in [0.2, 0.25) is 0 Å². The molecule has 1 aliphatic rings. The second-order valence-electron chi connectivity index (χ2n) is 5.65. The highest BCUT2D eigenvalue weighted by Crippen LogP contribution is 2.35. The summed E-state index contributed by atoms with van der Waals surface area (Å²) >= 11 is 0. The van der Waals surface area contributed by atoms with Crippen molar-refractivity contribution in [3.05, 3.63) is 51.9 Å². The van der Waals surface area contributed by atoms with Gasteiger partial charge in [-0.3, -0.25) is 9.48 Å². The first-order chi connectivity index (χ1) is 9.68. The van der Waals surface area contributed by atoms with E-state index in [0.717, 1.165) is 24.1 Å². The Morgan fingerprint density at radius 1 is 1.20 bits per heavy atom. The molecule has 3 rings (SSSR count). The number of aromatic nitrogens is 2. The molecule has 1 heterocycles. The van der Waals surface area contributed by atoms with Gasteiger partial charge in [0.15, 0.2) is 0 Å². The van der Waals surface area contributed by atoms with Gasteiger partial charge >= 0.3 is 0 Å². The zero-order chi connectivity index (χ0) is 14.1. The molecule has 1 saturated carbocycles. The summed E-state index contributed by atoms with van der Waals surface area (Å²) in [6.45, 7) is 0.576. The van der Waals surface area contributed by atoms with Crippen molar-refractivity contribution in [1.82, 2.24) is 9.36 Å². The van der Waals surface area contributed by atoms with Gasteiger partial charge in [-0.15, -0.1) is 0 Å². The minimum Gasteiger partial charge on any atom is -0.393 e. The van der Waals surface area contributed by atoms with E-state index in [1.807, 2.05) is 42.1 Å². The first-order valence-corrected chi connectivity index (χ1v) is 7.27. The van der Waals surface area contributed by atoms with Crippen LogP contribution in [-0.2, 0) is 13.6 Å². The second kappa shape index (κ2) is 5.19. The molecule has 0 aliphatic heterocycles. The molecule has 0 amide bonds. The van der Waals surface area contributed by atoms with Crippen LogP contribution in [0.1, 0.15) is 42.9 Å². The first-order valence-electron chi connectivity index (χ1n) is 7.27. The molecule has 1 fully saturated rings. The third kappa shape index (κ3) is 2.15. The molecule has 0 unspecified atom stereocenters. The summed E-state index contributed by atoms with van der Waals surface area (Å²) in [5, 5.41) is 0. The molecule has 4 nitrogen and oxygen atoms in total. The molecule has 0 radical (unpaired) electrons. The Hall–Kier alpha value is -1.97. The lowest BCUT2D eigenvalue weighted by Gasteiger charge is -2.14. The summed E-state index contributed by atoms with van der Waals surface area (Å²) in [5.74, 6) is 0.449. The van der Waals surface area contributed by atoms with Crippen LogP contribution in [0.4, 0.5) is 5.69 Å². The quantitative estimate of drug-likeness (QED) is 0.932. The normalized spacial score (nSPS) is 15.8. The molecule has 0 bridgehead atoms. The van der Waals surface area contributed by atoms with Crippen LogP contribution in [0.15, 0.2) is 35.1 Å². The zero-order valence-corrected chi connectivity index (χ0v) is 11.9. The average Bonchev–Trinajstić information content (AvgIpc) is 3.04. The van der Waals surface area contributed by atoms with Gasteiger partial charge in [0.2, 0.25) is 0 Å². The fraction of sp³-hybridized carbons (Fsp3) is 0.438. The number of anilines is 1. The van der Waals surface area contributed by atoms with Crippen molar-refractivity contribution < 1.29 is 0 Å². The lowest BCUT2D eigenvalue weighted by molar-refractivity contribution is 0.498. The largest absolute Gasteiger partial charge is 0.393 e. The average molecular weight is 271 g/mol. The first kappa shape index (κ1) is 13.0. The molecule has 0 atom stereocenters. The molecule has 1 aromatic carbocycles. The molecule has 0 saturated heterocycles. The van der Waals surface area contributed by atoms with E-state index >= 15 is 0 Å². The maximum absolute atomic E-state index is 12.4. The van der Waals surface area contributed by atoms with Gasteiger partial charge in [0.1, 0.15) is 5.69 Å². The summed E-state index contributed by atoms with van der Waals surface area (Å²) in [6.07, 6.45) is 4.77. The van der Waals surface area contributed by atoms with E-state index in [1.54, 1.807) is 4.68 Å². The van der Waals surface area contributed by atoms with Gasteiger partial charge in [-0.25, -0.2) is 4.68 Å². The summed E-state index contributed by atoms with van der Waals surface area (Å²) in [7, 11) is 1.95. The Bertz CT molecular complexity index is 648. The van der Waals surface area contributed by atoms with Crippen molar-refractivity contribution in [2.24, 2.45) is 7.05 Å². The smallest absolute Gasteiger partial charge is 0.290 e. The summed E-state index contributed by atoms with van der Waals surface area (Å²) in [5.41, 5.74) is 8.62. The van der Waals surface area contributed by atoms with Crippen LogP contribution in [0.3, 0.4) is 0 Å². The Kier molecular flexibility index (Phi) is 3.38. The Balaban J connectivity index is 1.99. The Morgan fingerprint density at radius 2 is 1.85 bits per heavy atom. The zero-order valence-electron chi connectivity index (χ0n) is 11.9. The summed E-state index contributed by atoms with van der Waals surface area (Å²) in [4.78, 5) is 12.4. The van der Waals surface area contributed by atoms with Gasteiger partial charge in [-0.05, 0) is 18.4 Å². The summed E-state index contributed by atoms with van der Waals surface area (Å²) < 4.78 is 3.72. The number of hydrogen-bond acceptors (Lipinski definition) is 2. The Labute approximate surface area is 118 Å². The monoisotopic (exact) mass is 271 g/mol. The number of nitrogens with two attached hydrogens (primary N) is 1. The van der Waals surface area contributed by atoms with Crippen LogP contribution in [0.5, 0.6) is 0 Å². The molecular formula is C16H21N3O. The molecule has 2 N–H and O–H groups in total. The molecule has 0 spiro atoms. The van der Waals surface area contributed by atoms with Crippen molar-refractivity contribution in [1.29, 1.82) is 0 Å². The molecule has 2 aromatic rings. The third-order valence-corrected chi connectivity index (χ3v) is 4.37. The van der Waals surface area contributed by atoms with E-state index in [1.165, 1.54) is 12.8 Å². The maximum atomic E-state index is 12.4. The van der Waals surface area contributed by atoms with Crippen molar-refractivity contribution >= 4 is 5.69 Å². The van der Waals surface area contributed by atoms with Crippen LogP contribution < -0.4 is 11.3 Å². The Morgan fingerprint density at radius 3 is 2.50 bits per heavy atom. The highest BCUT2D eigenvalue weighted by atomic mass is 16.1. The molecular weight excluding hydrogens is 250 g/mol. The lowest BCUT2D eigenvalue weighted by Crippen LogP contribution is -2.23. The van der Waals surface area contributed by atoms with E-state index in [4.69, 9.17) is 5.73 Å². The fourth-order valence-corrected chi connectivity index (χ4v) is 3.31. The highest BCUT2D eigenvalue weighted by Gasteiger charge is 2.25. The predicted octanol–water partition coefficient (Wildman–Crippen LogP) is 2.47. The van der Waals surface area contributed by atoms with E-state index in [-0.39, 0.29) is 5.56 Å². The van der Waals surface area contributed by atoms with Gasteiger partial charge in [-0.2, -0.15) is 0 Å². The second-order valence-corrected chi connectivity index (χ2v) is 5.65. The van der Waals surface area contributed by atoms with E-state index in [9.17, 15) is 4.79 Å². The van der Waals surface area contributed by atoms with E-state index < -0.39 is 0 Å². The van der Waals surface area contributed by atoms with Crippen LogP contribution >= 0.6 is 0 Å². The van der Waals surface area contributed by atoms with Gasteiger partial charge < -0.3 is 5.73 Å². The van der Waals surface area contributed by atoms with E-state index in [0.29, 0.717) is 18.2 Å². The number of nitrogen functional groups attached to an aromatic ring is 1. The fourth-order valence-electron chi connectivity index (χ4n) is 3.31. The number of hydrogen-bond donors (Lipinski definition) is 1. The number of nitrogens with zero attached hydrogens (tertiary/aromatic N) is 2. The molecule has 1 aromatic heterocycles. The number of rotatable bonds is 3. The van der Waals surface area contributed by atoms with Gasteiger partial charge in [0, 0.05) is 13.0 Å². The van der Waals surface area contributed by atoms with Crippen LogP contribution in [0, 0.1) is 0 Å². The minimum atomic E-state index is -0.0572. The van der Waals surface area contributed by atoms with Crippen molar-refractivity contribution in [2.75, 3.05) is 5.73 Å². The van der Waals surface area contributed by atoms with Gasteiger partial charge in [0.25, 0.3) is 5.56 Å². The molecule has 1 aliphatic carbocycles. The lowest BCUT2D eigenvalue weighted by atomic mass is 10.0. The van der Waals surface area contributed by atoms with Crippen LogP contribution in [-0.4, -0.2) is 9.36 Å². The van der Waals surface area contributed by atoms with Crippen molar-refractivity contribution in [3.8, 4) is 0 Å². The molecule has 106 valence electrons. The SMILES string of the molecule is Cn1c(C2CCCC2)c(N)c(=O)n1Cc1ccccc1. The minimum absolute atomic E-state index is 0.0572. The molecule has 4 heteroatoms. The predicted molar refractivity (Wildman–Crippen MR) is 80.8 cm³/mol. The molecule has 20 heavy (non-hydrogen) atoms. The van der Waals surface area contributed by atoms with Crippen LogP contribution in [0.25, 0.3) is 0 Å². The summed E-state index contributed by atoms with van der Waals surface area (Å²) in [6, 6.07) is 10.0. The maximum Gasteiger partial charge on any atom is 0.290 e. The van der Waals surface area contributed by atoms with Crippen molar-refractivity contribution in [3.63, 3.8) is 0 Å². The van der Waals surface area contributed by atoms with Gasteiger partial charge in [-0.1, -0.05) is 43.2 Å². The van der Waals surface area contributed by atoms with Gasteiger partial charge in [0.05, 0.1) is 12.2 Å². The third-order valence-electron chi connectivity index (χ3n) is 4.37. The number of benzene rings is 1.